The molecule has 23 heavy (non-hydrogen) atoms. The third-order valence-electron chi connectivity index (χ3n) is 3.85. The van der Waals surface area contributed by atoms with Crippen LogP contribution in [0.4, 0.5) is 8.78 Å². The first-order valence-electron chi connectivity index (χ1n) is 7.98. The molecule has 1 amide bonds. The number of hydrogen-bond acceptors (Lipinski definition) is 3. The second-order valence-corrected chi connectivity index (χ2v) is 6.25. The maximum absolute atomic E-state index is 12.5. The molecule has 6 heteroatoms. The minimum absolute atomic E-state index is 0.165. The van der Waals surface area contributed by atoms with Crippen LogP contribution in [-0.4, -0.2) is 48.5 Å². The second kappa shape index (κ2) is 8.24. The van der Waals surface area contributed by atoms with E-state index in [9.17, 15) is 13.6 Å². The first-order valence-corrected chi connectivity index (χ1v) is 7.98. The van der Waals surface area contributed by atoms with Crippen molar-refractivity contribution in [1.82, 2.24) is 9.80 Å². The van der Waals surface area contributed by atoms with Gasteiger partial charge < -0.3 is 9.64 Å². The number of amides is 1. The molecule has 1 aromatic rings. The third kappa shape index (κ3) is 5.46. The molecular formula is C17H24F2N2O2. The third-order valence-corrected chi connectivity index (χ3v) is 3.85. The van der Waals surface area contributed by atoms with Gasteiger partial charge in [-0.1, -0.05) is 32.0 Å². The number of para-hydroxylation sites is 1. The molecule has 1 heterocycles. The summed E-state index contributed by atoms with van der Waals surface area (Å²) in [6.45, 7) is 4.67. The Balaban J connectivity index is 2.00. The molecule has 128 valence electrons. The van der Waals surface area contributed by atoms with Gasteiger partial charge in [-0.25, -0.2) is 0 Å². The summed E-state index contributed by atoms with van der Waals surface area (Å²) in [5, 5.41) is 0. The van der Waals surface area contributed by atoms with Crippen LogP contribution in [0.15, 0.2) is 24.3 Å². The van der Waals surface area contributed by atoms with E-state index in [-0.39, 0.29) is 11.7 Å². The first kappa shape index (κ1) is 17.7. The molecule has 0 aromatic heterocycles. The lowest BCUT2D eigenvalue weighted by atomic mass is 10.2. The van der Waals surface area contributed by atoms with E-state index in [4.69, 9.17) is 0 Å². The van der Waals surface area contributed by atoms with Crippen molar-refractivity contribution in [1.29, 1.82) is 0 Å². The zero-order chi connectivity index (χ0) is 16.8. The van der Waals surface area contributed by atoms with Crippen LogP contribution in [-0.2, 0) is 11.3 Å². The molecule has 2 rings (SSSR count). The van der Waals surface area contributed by atoms with Crippen LogP contribution < -0.4 is 4.74 Å². The Morgan fingerprint density at radius 3 is 2.61 bits per heavy atom. The Labute approximate surface area is 136 Å². The number of halogens is 2. The highest BCUT2D eigenvalue weighted by atomic mass is 19.3. The van der Waals surface area contributed by atoms with Crippen molar-refractivity contribution >= 4 is 5.91 Å². The number of ether oxygens (including phenoxy) is 1. The SMILES string of the molecule is CC(C)CN1CCN(Cc2ccccc2OC(F)F)CCC1=O. The predicted molar refractivity (Wildman–Crippen MR) is 84.4 cm³/mol. The van der Waals surface area contributed by atoms with Crippen LogP contribution in [0.2, 0.25) is 0 Å². The van der Waals surface area contributed by atoms with Crippen LogP contribution in [0.1, 0.15) is 25.8 Å². The lowest BCUT2D eigenvalue weighted by Gasteiger charge is -2.24. The zero-order valence-electron chi connectivity index (χ0n) is 13.7. The number of carbonyl (C=O) groups is 1. The number of carbonyl (C=O) groups excluding carboxylic acids is 1. The molecule has 4 nitrogen and oxygen atoms in total. The van der Waals surface area contributed by atoms with Crippen LogP contribution in [0.25, 0.3) is 0 Å². The van der Waals surface area contributed by atoms with Crippen molar-refractivity contribution in [2.24, 2.45) is 5.92 Å². The predicted octanol–water partition coefficient (Wildman–Crippen LogP) is 2.98. The monoisotopic (exact) mass is 326 g/mol. The van der Waals surface area contributed by atoms with Gasteiger partial charge in [-0.3, -0.25) is 9.69 Å². The standard InChI is InChI=1S/C17H24F2N2O2/c1-13(2)11-21-10-9-20(8-7-16(21)22)12-14-5-3-4-6-15(14)23-17(18)19/h3-6,13,17H,7-12H2,1-2H3. The number of nitrogens with zero attached hydrogens (tertiary/aromatic N) is 2. The van der Waals surface area contributed by atoms with Crippen molar-refractivity contribution in [3.63, 3.8) is 0 Å². The van der Waals surface area contributed by atoms with E-state index < -0.39 is 6.61 Å². The average molecular weight is 326 g/mol. The molecule has 1 aromatic carbocycles. The van der Waals surface area contributed by atoms with Crippen molar-refractivity contribution in [2.75, 3.05) is 26.2 Å². The molecule has 1 fully saturated rings. The summed E-state index contributed by atoms with van der Waals surface area (Å²) in [4.78, 5) is 16.1. The van der Waals surface area contributed by atoms with Crippen LogP contribution >= 0.6 is 0 Å². The van der Waals surface area contributed by atoms with Gasteiger partial charge in [0.25, 0.3) is 0 Å². The lowest BCUT2D eigenvalue weighted by molar-refractivity contribution is -0.130. The summed E-state index contributed by atoms with van der Waals surface area (Å²) in [5.74, 6) is 0.807. The number of rotatable bonds is 6. The van der Waals surface area contributed by atoms with Crippen molar-refractivity contribution in [3.8, 4) is 5.75 Å². The molecule has 0 aliphatic carbocycles. The molecule has 0 radical (unpaired) electrons. The molecule has 0 N–H and O–H groups in total. The van der Waals surface area contributed by atoms with E-state index in [1.807, 2.05) is 11.0 Å². The van der Waals surface area contributed by atoms with Crippen LogP contribution in [0.5, 0.6) is 5.75 Å². The van der Waals surface area contributed by atoms with Crippen molar-refractivity contribution < 1.29 is 18.3 Å². The van der Waals surface area contributed by atoms with Gasteiger partial charge in [-0.15, -0.1) is 0 Å². The molecule has 0 atom stereocenters. The summed E-state index contributed by atoms with van der Waals surface area (Å²) >= 11 is 0. The highest BCUT2D eigenvalue weighted by Crippen LogP contribution is 2.22. The molecule has 0 bridgehead atoms. The maximum atomic E-state index is 12.5. The molecule has 0 spiro atoms. The summed E-state index contributed by atoms with van der Waals surface area (Å²) in [5.41, 5.74) is 0.720. The Kier molecular flexibility index (Phi) is 6.33. The number of benzene rings is 1. The van der Waals surface area contributed by atoms with Gasteiger partial charge in [0, 0.05) is 44.7 Å². The summed E-state index contributed by atoms with van der Waals surface area (Å²) in [7, 11) is 0. The van der Waals surface area contributed by atoms with E-state index in [2.05, 4.69) is 23.5 Å². The Hall–Kier alpha value is -1.69. The molecule has 0 saturated carbocycles. The summed E-state index contributed by atoms with van der Waals surface area (Å²) < 4.78 is 29.5. The molecular weight excluding hydrogens is 302 g/mol. The minimum atomic E-state index is -2.83. The van der Waals surface area contributed by atoms with Gasteiger partial charge in [-0.2, -0.15) is 8.78 Å². The van der Waals surface area contributed by atoms with E-state index in [0.717, 1.165) is 18.7 Å². The fourth-order valence-electron chi connectivity index (χ4n) is 2.79. The molecule has 1 aliphatic rings. The average Bonchev–Trinajstić information content (AvgIpc) is 2.64. The normalized spacial score (nSPS) is 17.0. The Morgan fingerprint density at radius 1 is 1.17 bits per heavy atom. The Bertz CT molecular complexity index is 523. The fraction of sp³-hybridized carbons (Fsp3) is 0.588. The number of alkyl halides is 2. The second-order valence-electron chi connectivity index (χ2n) is 6.25. The van der Waals surface area contributed by atoms with Gasteiger partial charge in [0.05, 0.1) is 0 Å². The van der Waals surface area contributed by atoms with E-state index in [0.29, 0.717) is 32.0 Å². The largest absolute Gasteiger partial charge is 0.434 e. The van der Waals surface area contributed by atoms with Gasteiger partial charge in [0.1, 0.15) is 5.75 Å². The minimum Gasteiger partial charge on any atom is -0.434 e. The molecule has 1 aliphatic heterocycles. The number of hydrogen-bond donors (Lipinski definition) is 0. The fourth-order valence-corrected chi connectivity index (χ4v) is 2.79. The van der Waals surface area contributed by atoms with E-state index in [1.165, 1.54) is 0 Å². The maximum Gasteiger partial charge on any atom is 0.387 e. The zero-order valence-corrected chi connectivity index (χ0v) is 13.7. The summed E-state index contributed by atoms with van der Waals surface area (Å²) in [6, 6.07) is 6.82. The van der Waals surface area contributed by atoms with E-state index in [1.54, 1.807) is 18.2 Å². The highest BCUT2D eigenvalue weighted by Gasteiger charge is 2.22. The Morgan fingerprint density at radius 2 is 1.91 bits per heavy atom. The van der Waals surface area contributed by atoms with Crippen LogP contribution in [0, 0.1) is 5.92 Å². The van der Waals surface area contributed by atoms with E-state index >= 15 is 0 Å². The van der Waals surface area contributed by atoms with Crippen molar-refractivity contribution in [3.05, 3.63) is 29.8 Å². The van der Waals surface area contributed by atoms with Crippen LogP contribution in [0.3, 0.4) is 0 Å². The molecule has 0 unspecified atom stereocenters. The molecule has 1 saturated heterocycles. The highest BCUT2D eigenvalue weighted by molar-refractivity contribution is 5.76. The van der Waals surface area contributed by atoms with Gasteiger partial charge in [0.15, 0.2) is 0 Å². The summed E-state index contributed by atoms with van der Waals surface area (Å²) in [6.07, 6.45) is 0.463. The first-order chi connectivity index (χ1) is 11.0. The van der Waals surface area contributed by atoms with Gasteiger partial charge in [0.2, 0.25) is 5.91 Å². The lowest BCUT2D eigenvalue weighted by Crippen LogP contribution is -2.35. The smallest absolute Gasteiger partial charge is 0.387 e. The quantitative estimate of drug-likeness (QED) is 0.806. The van der Waals surface area contributed by atoms with Crippen molar-refractivity contribution in [2.45, 2.75) is 33.4 Å². The van der Waals surface area contributed by atoms with Gasteiger partial charge >= 0.3 is 6.61 Å². The van der Waals surface area contributed by atoms with Gasteiger partial charge in [-0.05, 0) is 12.0 Å². The topological polar surface area (TPSA) is 32.8 Å².